The fourth-order valence-electron chi connectivity index (χ4n) is 2.43. The number of hydrogen-bond acceptors (Lipinski definition) is 2. The van der Waals surface area contributed by atoms with E-state index in [0.29, 0.717) is 6.61 Å². The van der Waals surface area contributed by atoms with E-state index in [1.807, 2.05) is 24.3 Å². The highest BCUT2D eigenvalue weighted by Crippen LogP contribution is 2.27. The van der Waals surface area contributed by atoms with E-state index >= 15 is 0 Å². The maximum atomic E-state index is 13.1. The zero-order valence-electron chi connectivity index (χ0n) is 11.6. The van der Waals surface area contributed by atoms with Crippen molar-refractivity contribution in [3.63, 3.8) is 0 Å². The zero-order chi connectivity index (χ0) is 14.7. The molecule has 21 heavy (non-hydrogen) atoms. The van der Waals surface area contributed by atoms with Gasteiger partial charge in [0.15, 0.2) is 0 Å². The van der Waals surface area contributed by atoms with E-state index in [0.717, 1.165) is 41.3 Å². The number of ether oxygens (including phenoxy) is 1. The van der Waals surface area contributed by atoms with Crippen molar-refractivity contribution in [3.05, 3.63) is 59.4 Å². The molecule has 4 heteroatoms. The lowest BCUT2D eigenvalue weighted by Crippen LogP contribution is -2.06. The van der Waals surface area contributed by atoms with Crippen LogP contribution >= 0.6 is 12.2 Å². The summed E-state index contributed by atoms with van der Waals surface area (Å²) in [6, 6.07) is 12.4. The molecule has 108 valence electrons. The highest BCUT2D eigenvalue weighted by atomic mass is 32.1. The average molecular weight is 301 g/mol. The first-order valence-electron chi connectivity index (χ1n) is 7.01. The fourth-order valence-corrected chi connectivity index (χ4v) is 2.69. The van der Waals surface area contributed by atoms with Crippen molar-refractivity contribution in [2.45, 2.75) is 25.9 Å². The standard InChI is InChI=1S/C17H16FNOS/c18-14-5-1-3-12(9-14)11-20-15-7-8-16-13(10-15)4-2-6-17(21)19-16/h1,3,5,7-10H,2,4,6,11H2,(H,19,21). The third kappa shape index (κ3) is 3.58. The molecule has 2 nitrogen and oxygen atoms in total. The van der Waals surface area contributed by atoms with Crippen molar-refractivity contribution in [1.82, 2.24) is 0 Å². The summed E-state index contributed by atoms with van der Waals surface area (Å²) in [7, 11) is 0. The van der Waals surface area contributed by atoms with Crippen LogP contribution in [-0.2, 0) is 13.0 Å². The van der Waals surface area contributed by atoms with Crippen molar-refractivity contribution >= 4 is 22.9 Å². The van der Waals surface area contributed by atoms with E-state index in [-0.39, 0.29) is 5.82 Å². The van der Waals surface area contributed by atoms with Crippen molar-refractivity contribution in [2.75, 3.05) is 5.32 Å². The number of anilines is 1. The second-order valence-corrected chi connectivity index (χ2v) is 5.63. The molecule has 2 aromatic carbocycles. The third-order valence-corrected chi connectivity index (χ3v) is 3.80. The van der Waals surface area contributed by atoms with Crippen LogP contribution < -0.4 is 10.1 Å². The summed E-state index contributed by atoms with van der Waals surface area (Å²) in [5.41, 5.74) is 3.10. The van der Waals surface area contributed by atoms with E-state index in [1.165, 1.54) is 17.7 Å². The molecular weight excluding hydrogens is 285 g/mol. The lowest BCUT2D eigenvalue weighted by molar-refractivity contribution is 0.305. The normalized spacial score (nSPS) is 14.0. The van der Waals surface area contributed by atoms with Crippen LogP contribution in [0.5, 0.6) is 5.75 Å². The minimum absolute atomic E-state index is 0.240. The van der Waals surface area contributed by atoms with E-state index in [2.05, 4.69) is 5.32 Å². The van der Waals surface area contributed by atoms with Gasteiger partial charge in [0.25, 0.3) is 0 Å². The Morgan fingerprint density at radius 3 is 2.90 bits per heavy atom. The number of nitrogens with one attached hydrogen (secondary N) is 1. The van der Waals surface area contributed by atoms with Gasteiger partial charge in [0.1, 0.15) is 18.2 Å². The molecule has 1 aliphatic rings. The van der Waals surface area contributed by atoms with Crippen LogP contribution in [0.4, 0.5) is 10.1 Å². The van der Waals surface area contributed by atoms with Gasteiger partial charge in [-0.3, -0.25) is 0 Å². The topological polar surface area (TPSA) is 21.3 Å². The Labute approximate surface area is 128 Å². The molecule has 0 aromatic heterocycles. The maximum Gasteiger partial charge on any atom is 0.123 e. The minimum atomic E-state index is -0.240. The SMILES string of the molecule is Fc1cccc(COc2ccc3c(c2)CCCC(=S)N3)c1. The molecule has 0 radical (unpaired) electrons. The Bertz CT molecular complexity index is 672. The summed E-state index contributed by atoms with van der Waals surface area (Å²) in [6.07, 6.45) is 2.95. The van der Waals surface area contributed by atoms with Gasteiger partial charge in [-0.05, 0) is 60.7 Å². The minimum Gasteiger partial charge on any atom is -0.489 e. The van der Waals surface area contributed by atoms with E-state index in [1.54, 1.807) is 6.07 Å². The summed E-state index contributed by atoms with van der Waals surface area (Å²) in [5, 5.41) is 3.26. The molecule has 3 rings (SSSR count). The predicted molar refractivity (Wildman–Crippen MR) is 86.3 cm³/mol. The van der Waals surface area contributed by atoms with Crippen LogP contribution in [-0.4, -0.2) is 4.99 Å². The Morgan fingerprint density at radius 1 is 1.14 bits per heavy atom. The Balaban J connectivity index is 1.72. The Morgan fingerprint density at radius 2 is 2.05 bits per heavy atom. The summed E-state index contributed by atoms with van der Waals surface area (Å²) in [6.45, 7) is 0.363. The lowest BCUT2D eigenvalue weighted by atomic mass is 10.1. The van der Waals surface area contributed by atoms with Crippen LogP contribution in [0.15, 0.2) is 42.5 Å². The molecule has 1 N–H and O–H groups in total. The van der Waals surface area contributed by atoms with Gasteiger partial charge in [-0.1, -0.05) is 24.4 Å². The predicted octanol–water partition coefficient (Wildman–Crippen LogP) is 4.48. The lowest BCUT2D eigenvalue weighted by Gasteiger charge is -2.11. The molecular formula is C17H16FNOS. The molecule has 2 aromatic rings. The van der Waals surface area contributed by atoms with Gasteiger partial charge in [-0.15, -0.1) is 0 Å². The van der Waals surface area contributed by atoms with Crippen LogP contribution in [0.3, 0.4) is 0 Å². The van der Waals surface area contributed by atoms with Gasteiger partial charge in [0.05, 0.1) is 4.99 Å². The second-order valence-electron chi connectivity index (χ2n) is 5.14. The number of hydrogen-bond donors (Lipinski definition) is 1. The van der Waals surface area contributed by atoms with E-state index in [4.69, 9.17) is 17.0 Å². The number of aryl methyl sites for hydroxylation is 1. The molecule has 1 heterocycles. The number of halogens is 1. The Kier molecular flexibility index (Phi) is 4.15. The summed E-state index contributed by atoms with van der Waals surface area (Å²) >= 11 is 5.25. The summed E-state index contributed by atoms with van der Waals surface area (Å²) < 4.78 is 18.9. The molecule has 0 unspecified atom stereocenters. The van der Waals surface area contributed by atoms with Crippen LogP contribution in [0.1, 0.15) is 24.0 Å². The maximum absolute atomic E-state index is 13.1. The third-order valence-electron chi connectivity index (χ3n) is 3.50. The van der Waals surface area contributed by atoms with Crippen LogP contribution in [0.25, 0.3) is 0 Å². The molecule has 0 atom stereocenters. The van der Waals surface area contributed by atoms with Gasteiger partial charge in [0, 0.05) is 5.69 Å². The van der Waals surface area contributed by atoms with Gasteiger partial charge in [0.2, 0.25) is 0 Å². The average Bonchev–Trinajstić information content (AvgIpc) is 2.65. The molecule has 0 aliphatic carbocycles. The van der Waals surface area contributed by atoms with Gasteiger partial charge in [-0.25, -0.2) is 4.39 Å². The molecule has 0 bridgehead atoms. The largest absolute Gasteiger partial charge is 0.489 e. The van der Waals surface area contributed by atoms with Crippen LogP contribution in [0, 0.1) is 5.82 Å². The van der Waals surface area contributed by atoms with Crippen molar-refractivity contribution in [2.24, 2.45) is 0 Å². The smallest absolute Gasteiger partial charge is 0.123 e. The first-order chi connectivity index (χ1) is 10.2. The number of fused-ring (bicyclic) bond motifs is 1. The highest BCUT2D eigenvalue weighted by molar-refractivity contribution is 7.80. The van der Waals surface area contributed by atoms with Crippen molar-refractivity contribution in [3.8, 4) is 5.75 Å². The fraction of sp³-hybridized carbons (Fsp3) is 0.235. The van der Waals surface area contributed by atoms with Crippen LogP contribution in [0.2, 0.25) is 0 Å². The zero-order valence-corrected chi connectivity index (χ0v) is 12.4. The van der Waals surface area contributed by atoms with Gasteiger partial charge < -0.3 is 10.1 Å². The molecule has 0 spiro atoms. The first-order valence-corrected chi connectivity index (χ1v) is 7.41. The first kappa shape index (κ1) is 14.0. The number of thiocarbonyl (C=S) groups is 1. The summed E-state index contributed by atoms with van der Waals surface area (Å²) in [4.78, 5) is 0.891. The monoisotopic (exact) mass is 301 g/mol. The molecule has 0 fully saturated rings. The number of rotatable bonds is 3. The van der Waals surface area contributed by atoms with Crippen molar-refractivity contribution in [1.29, 1.82) is 0 Å². The quantitative estimate of drug-likeness (QED) is 0.845. The Hall–Kier alpha value is -1.94. The van der Waals surface area contributed by atoms with Gasteiger partial charge >= 0.3 is 0 Å². The van der Waals surface area contributed by atoms with E-state index < -0.39 is 0 Å². The molecule has 0 amide bonds. The second kappa shape index (κ2) is 6.22. The van der Waals surface area contributed by atoms with Crippen molar-refractivity contribution < 1.29 is 9.13 Å². The molecule has 1 aliphatic heterocycles. The highest BCUT2D eigenvalue weighted by Gasteiger charge is 2.11. The number of benzene rings is 2. The van der Waals surface area contributed by atoms with E-state index in [9.17, 15) is 4.39 Å². The molecule has 0 saturated carbocycles. The summed E-state index contributed by atoms with van der Waals surface area (Å²) in [5.74, 6) is 0.559. The molecule has 0 saturated heterocycles. The van der Waals surface area contributed by atoms with Gasteiger partial charge in [-0.2, -0.15) is 0 Å².